The molecule has 0 bridgehead atoms. The van der Waals surface area contributed by atoms with Gasteiger partial charge in [-0.1, -0.05) is 29.3 Å². The summed E-state index contributed by atoms with van der Waals surface area (Å²) in [4.78, 5) is 10.6. The SMILES string of the molecule is CCCCOCCCNCc1ccc(Br)cc1[N+](=O)[O-]. The summed E-state index contributed by atoms with van der Waals surface area (Å²) in [5.74, 6) is 0. The van der Waals surface area contributed by atoms with Gasteiger partial charge in [0.25, 0.3) is 5.69 Å². The van der Waals surface area contributed by atoms with Crippen molar-refractivity contribution in [3.63, 3.8) is 0 Å². The Hall–Kier alpha value is -0.980. The number of nitro benzene ring substituents is 1. The average molecular weight is 345 g/mol. The van der Waals surface area contributed by atoms with Gasteiger partial charge in [-0.2, -0.15) is 0 Å². The van der Waals surface area contributed by atoms with Crippen LogP contribution in [0.3, 0.4) is 0 Å². The van der Waals surface area contributed by atoms with E-state index >= 15 is 0 Å². The third-order valence-corrected chi connectivity index (χ3v) is 3.34. The topological polar surface area (TPSA) is 64.4 Å². The number of halogens is 1. The molecule has 0 aliphatic heterocycles. The smallest absolute Gasteiger partial charge is 0.275 e. The van der Waals surface area contributed by atoms with Gasteiger partial charge in [0.05, 0.1) is 4.92 Å². The van der Waals surface area contributed by atoms with E-state index in [4.69, 9.17) is 4.74 Å². The first kappa shape index (κ1) is 17.1. The molecule has 0 amide bonds. The molecule has 0 spiro atoms. The number of rotatable bonds is 10. The Balaban J connectivity index is 2.27. The maximum absolute atomic E-state index is 10.9. The lowest BCUT2D eigenvalue weighted by molar-refractivity contribution is -0.385. The Labute approximate surface area is 128 Å². The van der Waals surface area contributed by atoms with Crippen LogP contribution in [0.25, 0.3) is 0 Å². The molecule has 0 saturated heterocycles. The largest absolute Gasteiger partial charge is 0.381 e. The zero-order valence-corrected chi connectivity index (χ0v) is 13.3. The van der Waals surface area contributed by atoms with Gasteiger partial charge in [-0.15, -0.1) is 0 Å². The number of nitro groups is 1. The number of nitrogens with one attached hydrogen (secondary N) is 1. The van der Waals surface area contributed by atoms with Crippen LogP contribution in [0.5, 0.6) is 0 Å². The van der Waals surface area contributed by atoms with Crippen LogP contribution >= 0.6 is 15.9 Å². The van der Waals surface area contributed by atoms with Crippen molar-refractivity contribution in [2.75, 3.05) is 19.8 Å². The van der Waals surface area contributed by atoms with Crippen molar-refractivity contribution in [3.8, 4) is 0 Å². The summed E-state index contributed by atoms with van der Waals surface area (Å²) in [6.07, 6.45) is 3.15. The highest BCUT2D eigenvalue weighted by Crippen LogP contribution is 2.23. The highest BCUT2D eigenvalue weighted by atomic mass is 79.9. The van der Waals surface area contributed by atoms with Crippen LogP contribution in [0.2, 0.25) is 0 Å². The van der Waals surface area contributed by atoms with Gasteiger partial charge in [0.2, 0.25) is 0 Å². The summed E-state index contributed by atoms with van der Waals surface area (Å²) >= 11 is 3.25. The molecular formula is C14H21BrN2O3. The molecule has 0 saturated carbocycles. The molecule has 0 unspecified atom stereocenters. The van der Waals surface area contributed by atoms with E-state index in [1.165, 1.54) is 6.07 Å². The summed E-state index contributed by atoms with van der Waals surface area (Å²) in [5.41, 5.74) is 0.844. The Morgan fingerprint density at radius 1 is 1.35 bits per heavy atom. The van der Waals surface area contributed by atoms with Crippen LogP contribution in [0.1, 0.15) is 31.7 Å². The predicted molar refractivity (Wildman–Crippen MR) is 82.8 cm³/mol. The lowest BCUT2D eigenvalue weighted by Gasteiger charge is -2.07. The summed E-state index contributed by atoms with van der Waals surface area (Å²) in [5, 5.41) is 14.2. The first-order chi connectivity index (χ1) is 9.65. The summed E-state index contributed by atoms with van der Waals surface area (Å²) < 4.78 is 6.17. The molecule has 0 radical (unpaired) electrons. The van der Waals surface area contributed by atoms with E-state index in [0.717, 1.165) is 43.5 Å². The van der Waals surface area contributed by atoms with Crippen molar-refractivity contribution in [1.29, 1.82) is 0 Å². The highest BCUT2D eigenvalue weighted by molar-refractivity contribution is 9.10. The van der Waals surface area contributed by atoms with E-state index in [0.29, 0.717) is 12.1 Å². The molecule has 0 aromatic heterocycles. The number of unbranched alkanes of at least 4 members (excludes halogenated alkanes) is 1. The molecule has 112 valence electrons. The second-order valence-corrected chi connectivity index (χ2v) is 5.44. The Kier molecular flexibility index (Phi) is 8.41. The van der Waals surface area contributed by atoms with Gasteiger partial charge in [-0.25, -0.2) is 0 Å². The second kappa shape index (κ2) is 9.85. The van der Waals surface area contributed by atoms with E-state index in [1.54, 1.807) is 6.07 Å². The van der Waals surface area contributed by atoms with Gasteiger partial charge in [0.1, 0.15) is 0 Å². The molecule has 6 heteroatoms. The molecule has 1 aromatic carbocycles. The van der Waals surface area contributed by atoms with Gasteiger partial charge >= 0.3 is 0 Å². The molecule has 0 atom stereocenters. The minimum atomic E-state index is -0.352. The Bertz CT molecular complexity index is 427. The van der Waals surface area contributed by atoms with Crippen LogP contribution in [0.4, 0.5) is 5.69 Å². The van der Waals surface area contributed by atoms with E-state index in [1.807, 2.05) is 6.07 Å². The second-order valence-electron chi connectivity index (χ2n) is 4.53. The fourth-order valence-electron chi connectivity index (χ4n) is 1.73. The van der Waals surface area contributed by atoms with Crippen LogP contribution < -0.4 is 5.32 Å². The minimum Gasteiger partial charge on any atom is -0.381 e. The van der Waals surface area contributed by atoms with Gasteiger partial charge in [-0.3, -0.25) is 10.1 Å². The first-order valence-electron chi connectivity index (χ1n) is 6.86. The third-order valence-electron chi connectivity index (χ3n) is 2.84. The fraction of sp³-hybridized carbons (Fsp3) is 0.571. The van der Waals surface area contributed by atoms with Crippen molar-refractivity contribution < 1.29 is 9.66 Å². The number of hydrogen-bond acceptors (Lipinski definition) is 4. The summed E-state index contributed by atoms with van der Waals surface area (Å²) in [6, 6.07) is 5.12. The summed E-state index contributed by atoms with van der Waals surface area (Å²) in [6.45, 7) is 4.97. The number of nitrogens with zero attached hydrogens (tertiary/aromatic N) is 1. The normalized spacial score (nSPS) is 10.7. The van der Waals surface area contributed by atoms with E-state index < -0.39 is 0 Å². The molecule has 0 heterocycles. The van der Waals surface area contributed by atoms with Gasteiger partial charge in [0, 0.05) is 35.9 Å². The molecule has 0 aliphatic rings. The van der Waals surface area contributed by atoms with E-state index in [2.05, 4.69) is 28.2 Å². The zero-order valence-electron chi connectivity index (χ0n) is 11.7. The molecule has 1 N–H and O–H groups in total. The maximum atomic E-state index is 10.9. The average Bonchev–Trinajstić information content (AvgIpc) is 2.43. The van der Waals surface area contributed by atoms with Crippen LogP contribution in [-0.4, -0.2) is 24.7 Å². The van der Waals surface area contributed by atoms with Crippen LogP contribution in [0.15, 0.2) is 22.7 Å². The summed E-state index contributed by atoms with van der Waals surface area (Å²) in [7, 11) is 0. The molecule has 0 aliphatic carbocycles. The molecule has 1 rings (SSSR count). The van der Waals surface area contributed by atoms with Crippen molar-refractivity contribution in [2.24, 2.45) is 0 Å². The van der Waals surface area contributed by atoms with Gasteiger partial charge < -0.3 is 10.1 Å². The lowest BCUT2D eigenvalue weighted by atomic mass is 10.2. The monoisotopic (exact) mass is 344 g/mol. The van der Waals surface area contributed by atoms with Crippen molar-refractivity contribution >= 4 is 21.6 Å². The fourth-order valence-corrected chi connectivity index (χ4v) is 2.08. The van der Waals surface area contributed by atoms with Crippen molar-refractivity contribution in [2.45, 2.75) is 32.7 Å². The standard InChI is InChI=1S/C14H21BrN2O3/c1-2-3-8-20-9-4-7-16-11-12-5-6-13(15)10-14(12)17(18)19/h5-6,10,16H,2-4,7-9,11H2,1H3. The molecule has 1 aromatic rings. The molecule has 0 fully saturated rings. The Morgan fingerprint density at radius 2 is 2.10 bits per heavy atom. The minimum absolute atomic E-state index is 0.145. The van der Waals surface area contributed by atoms with Crippen LogP contribution in [0, 0.1) is 10.1 Å². The third kappa shape index (κ3) is 6.45. The van der Waals surface area contributed by atoms with E-state index in [9.17, 15) is 10.1 Å². The molecule has 5 nitrogen and oxygen atoms in total. The van der Waals surface area contributed by atoms with E-state index in [-0.39, 0.29) is 10.6 Å². The molecule has 20 heavy (non-hydrogen) atoms. The lowest BCUT2D eigenvalue weighted by Crippen LogP contribution is -2.17. The first-order valence-corrected chi connectivity index (χ1v) is 7.65. The number of ether oxygens (including phenoxy) is 1. The van der Waals surface area contributed by atoms with Crippen molar-refractivity contribution in [1.82, 2.24) is 5.32 Å². The van der Waals surface area contributed by atoms with Gasteiger partial charge in [-0.05, 0) is 31.5 Å². The van der Waals surface area contributed by atoms with Crippen molar-refractivity contribution in [3.05, 3.63) is 38.3 Å². The molecular weight excluding hydrogens is 324 g/mol. The van der Waals surface area contributed by atoms with Crippen LogP contribution in [-0.2, 0) is 11.3 Å². The zero-order chi connectivity index (χ0) is 14.8. The quantitative estimate of drug-likeness (QED) is 0.399. The highest BCUT2D eigenvalue weighted by Gasteiger charge is 2.13. The maximum Gasteiger partial charge on any atom is 0.275 e. The Morgan fingerprint density at radius 3 is 2.80 bits per heavy atom. The van der Waals surface area contributed by atoms with Gasteiger partial charge in [0.15, 0.2) is 0 Å². The predicted octanol–water partition coefficient (Wildman–Crippen LogP) is 3.65. The number of benzene rings is 1. The number of hydrogen-bond donors (Lipinski definition) is 1.